The van der Waals surface area contributed by atoms with Crippen molar-refractivity contribution in [3.8, 4) is 0 Å². The van der Waals surface area contributed by atoms with Gasteiger partial charge in [0.05, 0.1) is 22.3 Å². The first-order valence-corrected chi connectivity index (χ1v) is 8.89. The summed E-state index contributed by atoms with van der Waals surface area (Å²) in [6.07, 6.45) is 0. The third-order valence-electron chi connectivity index (χ3n) is 3.93. The fourth-order valence-corrected chi connectivity index (χ4v) is 3.36. The normalized spacial score (nSPS) is 13.6. The summed E-state index contributed by atoms with van der Waals surface area (Å²) in [5.74, 6) is 0.00740. The van der Waals surface area contributed by atoms with Crippen molar-refractivity contribution in [3.05, 3.63) is 59.7 Å². The van der Waals surface area contributed by atoms with Crippen molar-refractivity contribution in [1.29, 1.82) is 0 Å². The van der Waals surface area contributed by atoms with E-state index in [1.807, 2.05) is 63.2 Å². The molecule has 4 nitrogen and oxygen atoms in total. The highest BCUT2D eigenvalue weighted by Gasteiger charge is 2.18. The molecule has 2 aromatic carbocycles. The van der Waals surface area contributed by atoms with Gasteiger partial charge in [-0.2, -0.15) is 0 Å². The number of hydrogen-bond acceptors (Lipinski definition) is 3. The monoisotopic (exact) mass is 339 g/mol. The number of aryl methyl sites for hydroxylation is 1. The van der Waals surface area contributed by atoms with Crippen LogP contribution in [0, 0.1) is 6.92 Å². The van der Waals surface area contributed by atoms with Gasteiger partial charge in [-0.1, -0.05) is 48.2 Å². The fourth-order valence-electron chi connectivity index (χ4n) is 2.53. The van der Waals surface area contributed by atoms with Crippen molar-refractivity contribution in [2.24, 2.45) is 0 Å². The summed E-state index contributed by atoms with van der Waals surface area (Å²) in [6.45, 7) is 5.94. The quantitative estimate of drug-likeness (QED) is 0.684. The Kier molecular flexibility index (Phi) is 4.90. The number of carbonyl (C=O) groups is 1. The number of imidazole rings is 1. The molecule has 2 N–H and O–H groups in total. The molecule has 124 valence electrons. The Morgan fingerprint density at radius 1 is 1.17 bits per heavy atom. The molecule has 0 saturated heterocycles. The number of aromatic nitrogens is 2. The standard InChI is InChI=1S/C19H21N3OS/c1-12-9-10-16-17(11-12)22-19(21-16)24-14(3)18(23)20-13(2)15-7-5-4-6-8-15/h4-11,13-14H,1-3H3,(H,20,23)(H,21,22)/t13-,14+/m1/s1. The van der Waals surface area contributed by atoms with E-state index in [-0.39, 0.29) is 17.2 Å². The largest absolute Gasteiger partial charge is 0.349 e. The van der Waals surface area contributed by atoms with E-state index in [0.717, 1.165) is 21.8 Å². The van der Waals surface area contributed by atoms with Crippen LogP contribution in [0.25, 0.3) is 11.0 Å². The average Bonchev–Trinajstić information content (AvgIpc) is 2.96. The molecule has 3 rings (SSSR count). The van der Waals surface area contributed by atoms with Crippen LogP contribution in [0.3, 0.4) is 0 Å². The Morgan fingerprint density at radius 3 is 2.67 bits per heavy atom. The lowest BCUT2D eigenvalue weighted by Crippen LogP contribution is -2.33. The van der Waals surface area contributed by atoms with Crippen LogP contribution in [0.5, 0.6) is 0 Å². The predicted molar refractivity (Wildman–Crippen MR) is 99.1 cm³/mol. The molecule has 0 radical (unpaired) electrons. The van der Waals surface area contributed by atoms with Gasteiger partial charge in [-0.05, 0) is 44.0 Å². The second-order valence-electron chi connectivity index (χ2n) is 5.96. The molecule has 0 aliphatic carbocycles. The maximum absolute atomic E-state index is 12.4. The van der Waals surface area contributed by atoms with Crippen molar-refractivity contribution in [1.82, 2.24) is 15.3 Å². The minimum absolute atomic E-state index is 0.00740. The summed E-state index contributed by atoms with van der Waals surface area (Å²) in [5.41, 5.74) is 4.21. The van der Waals surface area contributed by atoms with E-state index in [2.05, 4.69) is 21.4 Å². The molecule has 0 spiro atoms. The lowest BCUT2D eigenvalue weighted by atomic mass is 10.1. The Balaban J connectivity index is 1.64. The maximum atomic E-state index is 12.4. The number of carbonyl (C=O) groups excluding carboxylic acids is 1. The maximum Gasteiger partial charge on any atom is 0.233 e. The zero-order chi connectivity index (χ0) is 17.1. The zero-order valence-corrected chi connectivity index (χ0v) is 14.9. The van der Waals surface area contributed by atoms with Crippen molar-refractivity contribution in [2.45, 2.75) is 37.2 Å². The second-order valence-corrected chi connectivity index (χ2v) is 7.29. The predicted octanol–water partition coefficient (Wildman–Crippen LogP) is 4.23. The average molecular weight is 339 g/mol. The summed E-state index contributed by atoms with van der Waals surface area (Å²) >= 11 is 1.44. The van der Waals surface area contributed by atoms with E-state index in [1.54, 1.807) is 0 Å². The van der Waals surface area contributed by atoms with Crippen molar-refractivity contribution >= 4 is 28.7 Å². The van der Waals surface area contributed by atoms with E-state index in [1.165, 1.54) is 17.3 Å². The van der Waals surface area contributed by atoms with Crippen molar-refractivity contribution in [3.63, 3.8) is 0 Å². The van der Waals surface area contributed by atoms with Gasteiger partial charge in [-0.3, -0.25) is 4.79 Å². The van der Waals surface area contributed by atoms with Gasteiger partial charge in [0.15, 0.2) is 5.16 Å². The molecule has 1 heterocycles. The minimum atomic E-state index is -0.224. The van der Waals surface area contributed by atoms with Gasteiger partial charge < -0.3 is 10.3 Å². The molecule has 0 aliphatic rings. The molecule has 5 heteroatoms. The fraction of sp³-hybridized carbons (Fsp3) is 0.263. The lowest BCUT2D eigenvalue weighted by Gasteiger charge is -2.17. The van der Waals surface area contributed by atoms with E-state index >= 15 is 0 Å². The van der Waals surface area contributed by atoms with Crippen LogP contribution in [0.2, 0.25) is 0 Å². The Hall–Kier alpha value is -2.27. The number of rotatable bonds is 5. The topological polar surface area (TPSA) is 57.8 Å². The number of aromatic amines is 1. The molecule has 0 aliphatic heterocycles. The number of H-pyrrole nitrogens is 1. The highest BCUT2D eigenvalue weighted by Crippen LogP contribution is 2.24. The highest BCUT2D eigenvalue weighted by molar-refractivity contribution is 8.00. The van der Waals surface area contributed by atoms with Crippen LogP contribution < -0.4 is 5.32 Å². The first-order valence-electron chi connectivity index (χ1n) is 8.01. The van der Waals surface area contributed by atoms with Crippen LogP contribution >= 0.6 is 11.8 Å². The summed E-state index contributed by atoms with van der Waals surface area (Å²) < 4.78 is 0. The number of benzene rings is 2. The summed E-state index contributed by atoms with van der Waals surface area (Å²) in [7, 11) is 0. The Bertz CT molecular complexity index is 844. The molecule has 0 saturated carbocycles. The molecule has 0 unspecified atom stereocenters. The molecule has 3 aromatic rings. The van der Waals surface area contributed by atoms with E-state index in [0.29, 0.717) is 0 Å². The molecule has 1 aromatic heterocycles. The summed E-state index contributed by atoms with van der Waals surface area (Å²) in [4.78, 5) is 20.2. The summed E-state index contributed by atoms with van der Waals surface area (Å²) in [6, 6.07) is 16.0. The number of hydrogen-bond donors (Lipinski definition) is 2. The number of nitrogens with one attached hydrogen (secondary N) is 2. The van der Waals surface area contributed by atoms with E-state index in [4.69, 9.17) is 0 Å². The number of thioether (sulfide) groups is 1. The molecule has 1 amide bonds. The first kappa shape index (κ1) is 16.6. The van der Waals surface area contributed by atoms with Gasteiger partial charge >= 0.3 is 0 Å². The smallest absolute Gasteiger partial charge is 0.233 e. The van der Waals surface area contributed by atoms with Gasteiger partial charge in [0.25, 0.3) is 0 Å². The van der Waals surface area contributed by atoms with Crippen LogP contribution in [-0.2, 0) is 4.79 Å². The van der Waals surface area contributed by atoms with Crippen molar-refractivity contribution in [2.75, 3.05) is 0 Å². The van der Waals surface area contributed by atoms with Crippen LogP contribution in [0.1, 0.15) is 31.0 Å². The first-order chi connectivity index (χ1) is 11.5. The van der Waals surface area contributed by atoms with Crippen LogP contribution in [0.4, 0.5) is 0 Å². The summed E-state index contributed by atoms with van der Waals surface area (Å²) in [5, 5.41) is 3.60. The highest BCUT2D eigenvalue weighted by atomic mass is 32.2. The third-order valence-corrected chi connectivity index (χ3v) is 4.92. The van der Waals surface area contributed by atoms with Crippen LogP contribution in [0.15, 0.2) is 53.7 Å². The Labute approximate surface area is 146 Å². The number of fused-ring (bicyclic) bond motifs is 1. The minimum Gasteiger partial charge on any atom is -0.349 e. The number of amides is 1. The van der Waals surface area contributed by atoms with Gasteiger partial charge in [0.1, 0.15) is 0 Å². The van der Waals surface area contributed by atoms with Gasteiger partial charge in [0, 0.05) is 0 Å². The molecule has 24 heavy (non-hydrogen) atoms. The Morgan fingerprint density at radius 2 is 1.92 bits per heavy atom. The van der Waals surface area contributed by atoms with Gasteiger partial charge in [-0.15, -0.1) is 0 Å². The second kappa shape index (κ2) is 7.09. The van der Waals surface area contributed by atoms with E-state index in [9.17, 15) is 4.79 Å². The molecule has 2 atom stereocenters. The number of nitrogens with zero attached hydrogens (tertiary/aromatic N) is 1. The van der Waals surface area contributed by atoms with Gasteiger partial charge in [0.2, 0.25) is 5.91 Å². The molecular weight excluding hydrogens is 318 g/mol. The van der Waals surface area contributed by atoms with Crippen molar-refractivity contribution < 1.29 is 4.79 Å². The molecular formula is C19H21N3OS. The SMILES string of the molecule is Cc1ccc2nc(S[C@@H](C)C(=O)N[C@H](C)c3ccccc3)[nH]c2c1. The third kappa shape index (κ3) is 3.79. The zero-order valence-electron chi connectivity index (χ0n) is 14.0. The molecule has 0 fully saturated rings. The molecule has 0 bridgehead atoms. The lowest BCUT2D eigenvalue weighted by molar-refractivity contribution is -0.120. The van der Waals surface area contributed by atoms with Crippen LogP contribution in [-0.4, -0.2) is 21.1 Å². The van der Waals surface area contributed by atoms with E-state index < -0.39 is 0 Å². The van der Waals surface area contributed by atoms with Gasteiger partial charge in [-0.25, -0.2) is 4.98 Å².